The third-order valence-corrected chi connectivity index (χ3v) is 7.77. The average Bonchev–Trinajstić information content (AvgIpc) is 3.32. The number of alkyl halides is 3. The molecule has 0 bridgehead atoms. The van der Waals surface area contributed by atoms with Gasteiger partial charge in [0.25, 0.3) is 5.11 Å². The molecule has 3 rings (SSSR count). The largest absolute Gasteiger partial charge is 0.422 e. The lowest BCUT2D eigenvalue weighted by molar-refractivity contribution is -0.138. The molecule has 2 atom stereocenters. The van der Waals surface area contributed by atoms with Gasteiger partial charge in [-0.05, 0) is 85.0 Å². The molecule has 1 aromatic rings. The number of benzene rings is 1. The third-order valence-electron chi connectivity index (χ3n) is 7.36. The number of halogens is 3. The smallest absolute Gasteiger partial charge is 0.389 e. The number of thiocarbonyl (C=S) groups is 1. The van der Waals surface area contributed by atoms with Crippen LogP contribution in [0.25, 0.3) is 0 Å². The molecule has 1 aromatic carbocycles. The highest BCUT2D eigenvalue weighted by molar-refractivity contribution is 7.80. The summed E-state index contributed by atoms with van der Waals surface area (Å²) in [5.41, 5.74) is -3.52. The van der Waals surface area contributed by atoms with Crippen molar-refractivity contribution in [1.82, 2.24) is 14.7 Å². The van der Waals surface area contributed by atoms with Crippen molar-refractivity contribution >= 4 is 28.9 Å². The van der Waals surface area contributed by atoms with Gasteiger partial charge in [0.05, 0.1) is 12.1 Å². The Kier molecular flexibility index (Phi) is 8.21. The first-order chi connectivity index (χ1) is 16.7. The van der Waals surface area contributed by atoms with Gasteiger partial charge in [-0.25, -0.2) is 4.79 Å². The van der Waals surface area contributed by atoms with Crippen molar-refractivity contribution in [3.63, 3.8) is 0 Å². The Morgan fingerprint density at radius 1 is 1.25 bits per heavy atom. The number of aliphatic hydroxyl groups is 1. The number of nitrogens with zero attached hydrogens (tertiary/aromatic N) is 3. The minimum absolute atomic E-state index is 0.0108. The summed E-state index contributed by atoms with van der Waals surface area (Å²) < 4.78 is 41.4. The number of likely N-dealkylation sites (tertiary alicyclic amines) is 1. The van der Waals surface area contributed by atoms with E-state index in [1.54, 1.807) is 13.8 Å². The van der Waals surface area contributed by atoms with E-state index in [9.17, 15) is 28.3 Å². The third kappa shape index (κ3) is 5.44. The predicted molar refractivity (Wildman–Crippen MR) is 137 cm³/mol. The number of carbonyl (C=O) groups is 1. The fourth-order valence-electron chi connectivity index (χ4n) is 5.69. The van der Waals surface area contributed by atoms with Gasteiger partial charge in [-0.1, -0.05) is 12.5 Å². The summed E-state index contributed by atoms with van der Waals surface area (Å²) in [6.07, 6.45) is 0.157. The Bertz CT molecular complexity index is 1050. The molecule has 2 heterocycles. The van der Waals surface area contributed by atoms with Crippen LogP contribution in [0, 0.1) is 11.3 Å². The van der Waals surface area contributed by atoms with E-state index < -0.39 is 33.3 Å². The summed E-state index contributed by atoms with van der Waals surface area (Å²) in [5.74, 6) is -0.495. The van der Waals surface area contributed by atoms with Crippen LogP contribution in [0.2, 0.25) is 0 Å². The Balaban J connectivity index is 1.79. The Labute approximate surface area is 216 Å². The molecular weight excluding hydrogens is 489 g/mol. The van der Waals surface area contributed by atoms with Gasteiger partial charge >= 0.3 is 12.1 Å². The van der Waals surface area contributed by atoms with Crippen LogP contribution in [0.4, 0.5) is 18.9 Å². The number of rotatable bonds is 9. The van der Waals surface area contributed by atoms with Crippen molar-refractivity contribution < 1.29 is 23.1 Å². The maximum Gasteiger partial charge on any atom is 0.422 e. The van der Waals surface area contributed by atoms with Crippen molar-refractivity contribution in [2.45, 2.75) is 89.6 Å². The molecule has 0 aliphatic carbocycles. The van der Waals surface area contributed by atoms with E-state index in [4.69, 9.17) is 12.2 Å². The number of quaternary nitrogens is 1. The van der Waals surface area contributed by atoms with Crippen molar-refractivity contribution in [3.05, 3.63) is 29.3 Å². The van der Waals surface area contributed by atoms with E-state index >= 15 is 0 Å². The summed E-state index contributed by atoms with van der Waals surface area (Å²) in [6.45, 7) is 8.70. The van der Waals surface area contributed by atoms with Gasteiger partial charge in [0.1, 0.15) is 17.2 Å². The summed E-state index contributed by atoms with van der Waals surface area (Å²) in [6, 6.07) is 5.38. The van der Waals surface area contributed by atoms with E-state index in [0.717, 1.165) is 44.8 Å². The number of carbonyl (C=O) groups excluding carboxylic acids is 1. The summed E-state index contributed by atoms with van der Waals surface area (Å²) in [4.78, 5) is 16.0. The van der Waals surface area contributed by atoms with E-state index in [0.29, 0.717) is 12.8 Å². The molecule has 10 heteroatoms. The lowest BCUT2D eigenvalue weighted by Gasteiger charge is -2.34. The van der Waals surface area contributed by atoms with E-state index in [2.05, 4.69) is 10.2 Å². The van der Waals surface area contributed by atoms with Crippen LogP contribution in [0.15, 0.2) is 18.2 Å². The van der Waals surface area contributed by atoms with Crippen molar-refractivity contribution in [2.75, 3.05) is 19.6 Å². The molecule has 2 unspecified atom stereocenters. The van der Waals surface area contributed by atoms with Gasteiger partial charge in [-0.15, -0.1) is 0 Å². The van der Waals surface area contributed by atoms with Gasteiger partial charge < -0.3 is 10.4 Å². The minimum Gasteiger partial charge on any atom is -0.389 e. The molecule has 2 saturated heterocycles. The highest BCUT2D eigenvalue weighted by Gasteiger charge is 2.61. The number of amides is 1. The summed E-state index contributed by atoms with van der Waals surface area (Å²) in [5, 5.41) is 23.0. The maximum absolute atomic E-state index is 14.1. The first-order valence-corrected chi connectivity index (χ1v) is 12.9. The van der Waals surface area contributed by atoms with E-state index in [-0.39, 0.29) is 28.9 Å². The van der Waals surface area contributed by atoms with E-state index in [1.807, 2.05) is 19.9 Å². The fraction of sp³-hybridized carbons (Fsp3) is 0.654. The zero-order valence-electron chi connectivity index (χ0n) is 21.4. The Morgan fingerprint density at radius 3 is 2.47 bits per heavy atom. The number of para-hydroxylation sites is 1. The molecule has 2 aliphatic rings. The van der Waals surface area contributed by atoms with Crippen LogP contribution < -0.4 is 9.80 Å². The van der Waals surface area contributed by atoms with Crippen molar-refractivity contribution in [1.29, 1.82) is 5.26 Å². The first kappa shape index (κ1) is 28.5. The second-order valence-corrected chi connectivity index (χ2v) is 11.4. The number of hydrogen-bond acceptors (Lipinski definition) is 5. The van der Waals surface area contributed by atoms with Gasteiger partial charge in [0, 0.05) is 18.3 Å². The maximum atomic E-state index is 14.1. The Morgan fingerprint density at radius 2 is 1.92 bits per heavy atom. The normalized spacial score (nSPS) is 24.7. The second-order valence-electron chi connectivity index (χ2n) is 11.0. The molecular formula is C26H36F3N4O2S+. The molecule has 198 valence electrons. The molecule has 0 radical (unpaired) electrons. The van der Waals surface area contributed by atoms with E-state index in [1.165, 1.54) is 12.1 Å². The van der Waals surface area contributed by atoms with Crippen LogP contribution >= 0.6 is 12.2 Å². The van der Waals surface area contributed by atoms with Crippen molar-refractivity contribution in [3.8, 4) is 6.07 Å². The van der Waals surface area contributed by atoms with Crippen LogP contribution in [0.3, 0.4) is 0 Å². The fourth-order valence-corrected chi connectivity index (χ4v) is 6.21. The average molecular weight is 526 g/mol. The number of nitrogens with one attached hydrogen (secondary N) is 1. The first-order valence-electron chi connectivity index (χ1n) is 12.5. The summed E-state index contributed by atoms with van der Waals surface area (Å²) in [7, 11) is 0. The zero-order valence-corrected chi connectivity index (χ0v) is 22.2. The number of hydrogen-bond donors (Lipinski definition) is 2. The topological polar surface area (TPSA) is 76.4 Å². The quantitative estimate of drug-likeness (QED) is 0.272. The predicted octanol–water partition coefficient (Wildman–Crippen LogP) is 4.87. The molecule has 0 aromatic heterocycles. The summed E-state index contributed by atoms with van der Waals surface area (Å²) >= 11 is 5.51. The van der Waals surface area contributed by atoms with Gasteiger partial charge in [-0.3, -0.25) is 4.90 Å². The van der Waals surface area contributed by atoms with Gasteiger partial charge in [-0.2, -0.15) is 22.9 Å². The highest BCUT2D eigenvalue weighted by atomic mass is 32.1. The lowest BCUT2D eigenvalue weighted by atomic mass is 9.96. The standard InChI is InChI=1S/C26H35F3N4O2S/c1-24(2)22(34)33(23(36)31-24,21-18(17-30)11-9-12-19(21)26(27,28)29)16-8-6-5-7-14-32-15-10-13-20(32)25(3,4)35/h9,11-12,20,35H,5-8,10,13-16H2,1-4H3/p+1. The highest BCUT2D eigenvalue weighted by Crippen LogP contribution is 2.45. The molecule has 2 aliphatic heterocycles. The lowest BCUT2D eigenvalue weighted by Crippen LogP contribution is -2.57. The molecule has 6 nitrogen and oxygen atoms in total. The van der Waals surface area contributed by atoms with Crippen LogP contribution in [0.1, 0.15) is 77.3 Å². The second kappa shape index (κ2) is 10.4. The van der Waals surface area contributed by atoms with Crippen molar-refractivity contribution in [2.24, 2.45) is 0 Å². The zero-order chi connectivity index (χ0) is 26.9. The van der Waals surface area contributed by atoms with Crippen LogP contribution in [-0.2, 0) is 11.0 Å². The minimum atomic E-state index is -4.75. The number of unbranched alkanes of at least 4 members (excludes halogenated alkanes) is 3. The number of nitriles is 1. The van der Waals surface area contributed by atoms with Gasteiger partial charge in [0.15, 0.2) is 11.2 Å². The van der Waals surface area contributed by atoms with Crippen LogP contribution in [0.5, 0.6) is 0 Å². The SMILES string of the molecule is CC1(C)NC(=S)[N+](CCCCCCN2CCCC2C(C)(C)O)(c2c(C#N)cccc2C(F)(F)F)C1=O. The van der Waals surface area contributed by atoms with Gasteiger partial charge in [0.2, 0.25) is 0 Å². The Hall–Kier alpha value is -2.06. The van der Waals surface area contributed by atoms with Crippen LogP contribution in [-0.4, -0.2) is 57.8 Å². The monoisotopic (exact) mass is 525 g/mol. The molecule has 36 heavy (non-hydrogen) atoms. The molecule has 0 spiro atoms. The molecule has 2 fully saturated rings. The molecule has 2 N–H and O–H groups in total. The molecule has 0 saturated carbocycles. The molecule has 1 amide bonds.